The lowest BCUT2D eigenvalue weighted by Gasteiger charge is -2.22. The summed E-state index contributed by atoms with van der Waals surface area (Å²) in [6, 6.07) is 6.57. The monoisotopic (exact) mass is 380 g/mol. The zero-order valence-electron chi connectivity index (χ0n) is 13.3. The molecule has 132 valence electrons. The number of aromatic nitrogens is 2. The van der Waals surface area contributed by atoms with Gasteiger partial charge >= 0.3 is 12.1 Å². The second kappa shape index (κ2) is 8.13. The third kappa shape index (κ3) is 4.80. The number of rotatable bonds is 2. The van der Waals surface area contributed by atoms with Crippen molar-refractivity contribution < 1.29 is 9.59 Å². The van der Waals surface area contributed by atoms with Crippen molar-refractivity contribution in [2.75, 3.05) is 36.8 Å². The first-order chi connectivity index (χ1) is 12.1. The summed E-state index contributed by atoms with van der Waals surface area (Å²) in [5.74, 6) is 0. The van der Waals surface area contributed by atoms with Gasteiger partial charge in [-0.3, -0.25) is 5.32 Å². The predicted octanol–water partition coefficient (Wildman–Crippen LogP) is 2.96. The molecule has 25 heavy (non-hydrogen) atoms. The van der Waals surface area contributed by atoms with Gasteiger partial charge in [0.2, 0.25) is 5.13 Å². The number of hydrogen-bond donors (Lipinski definition) is 2. The van der Waals surface area contributed by atoms with Gasteiger partial charge in [0.1, 0.15) is 5.51 Å². The number of nitrogens with one attached hydrogen (secondary N) is 2. The molecule has 0 spiro atoms. The van der Waals surface area contributed by atoms with Crippen LogP contribution in [0, 0.1) is 0 Å². The molecule has 1 aromatic heterocycles. The number of carbonyl (C=O) groups is 2. The maximum Gasteiger partial charge on any atom is 0.323 e. The minimum atomic E-state index is -0.228. The Labute approximate surface area is 153 Å². The molecule has 1 aromatic carbocycles. The zero-order chi connectivity index (χ0) is 17.6. The highest BCUT2D eigenvalue weighted by atomic mass is 35.5. The average Bonchev–Trinajstić information content (AvgIpc) is 2.95. The number of carbonyl (C=O) groups excluding carboxylic acids is 2. The lowest BCUT2D eigenvalue weighted by molar-refractivity contribution is 0.205. The van der Waals surface area contributed by atoms with Gasteiger partial charge in [0, 0.05) is 36.9 Å². The summed E-state index contributed by atoms with van der Waals surface area (Å²) in [4.78, 5) is 28.0. The number of amides is 4. The van der Waals surface area contributed by atoms with Crippen molar-refractivity contribution in [3.63, 3.8) is 0 Å². The second-order valence-corrected chi connectivity index (χ2v) is 6.71. The summed E-state index contributed by atoms with van der Waals surface area (Å²) in [7, 11) is 0. The van der Waals surface area contributed by atoms with Gasteiger partial charge in [-0.05, 0) is 24.6 Å². The molecule has 0 unspecified atom stereocenters. The van der Waals surface area contributed by atoms with Crippen LogP contribution in [0.5, 0.6) is 0 Å². The van der Waals surface area contributed by atoms with Crippen molar-refractivity contribution in [1.29, 1.82) is 0 Å². The van der Waals surface area contributed by atoms with E-state index >= 15 is 0 Å². The summed E-state index contributed by atoms with van der Waals surface area (Å²) < 4.78 is 0. The Kier molecular flexibility index (Phi) is 5.67. The number of anilines is 2. The van der Waals surface area contributed by atoms with Gasteiger partial charge in [-0.25, -0.2) is 9.59 Å². The number of nitrogens with zero attached hydrogens (tertiary/aromatic N) is 4. The van der Waals surface area contributed by atoms with E-state index in [0.717, 1.165) is 0 Å². The van der Waals surface area contributed by atoms with E-state index in [1.165, 1.54) is 11.3 Å². The highest BCUT2D eigenvalue weighted by Gasteiger charge is 2.22. The fourth-order valence-electron chi connectivity index (χ4n) is 2.49. The SMILES string of the molecule is O=C(Nc1cccc(Cl)c1)N1CCCN(C(=O)Nc2nncs2)CC1. The molecule has 0 atom stereocenters. The van der Waals surface area contributed by atoms with Crippen LogP contribution in [0.4, 0.5) is 20.4 Å². The van der Waals surface area contributed by atoms with Gasteiger partial charge in [0.25, 0.3) is 0 Å². The summed E-state index contributed by atoms with van der Waals surface area (Å²) >= 11 is 7.19. The molecular formula is C15H17ClN6O2S. The van der Waals surface area contributed by atoms with Gasteiger partial charge in [0.05, 0.1) is 0 Å². The third-order valence-electron chi connectivity index (χ3n) is 3.72. The molecule has 2 N–H and O–H groups in total. The van der Waals surface area contributed by atoms with Crippen LogP contribution in [-0.2, 0) is 0 Å². The first kappa shape index (κ1) is 17.4. The first-order valence-corrected chi connectivity index (χ1v) is 9.01. The fraction of sp³-hybridized carbons (Fsp3) is 0.333. The molecule has 2 heterocycles. The molecule has 10 heteroatoms. The Morgan fingerprint density at radius 3 is 2.44 bits per heavy atom. The van der Waals surface area contributed by atoms with E-state index in [1.54, 1.807) is 39.6 Å². The molecule has 1 aliphatic heterocycles. The smallest absolute Gasteiger partial charge is 0.323 e. The highest BCUT2D eigenvalue weighted by Crippen LogP contribution is 2.16. The number of urea groups is 2. The van der Waals surface area contributed by atoms with Crippen molar-refractivity contribution in [3.8, 4) is 0 Å². The molecule has 3 rings (SSSR count). The average molecular weight is 381 g/mol. The Hall–Kier alpha value is -2.39. The lowest BCUT2D eigenvalue weighted by atomic mass is 10.3. The van der Waals surface area contributed by atoms with E-state index in [1.807, 2.05) is 0 Å². The maximum absolute atomic E-state index is 12.4. The number of hydrogen-bond acceptors (Lipinski definition) is 5. The van der Waals surface area contributed by atoms with Crippen LogP contribution in [0.2, 0.25) is 5.02 Å². The van der Waals surface area contributed by atoms with Gasteiger partial charge in [-0.15, -0.1) is 10.2 Å². The van der Waals surface area contributed by atoms with Crippen LogP contribution < -0.4 is 10.6 Å². The van der Waals surface area contributed by atoms with Crippen LogP contribution in [-0.4, -0.2) is 58.2 Å². The molecule has 4 amide bonds. The molecule has 8 nitrogen and oxygen atoms in total. The van der Waals surface area contributed by atoms with Gasteiger partial charge < -0.3 is 15.1 Å². The standard InChI is InChI=1S/C15H17ClN6O2S/c16-11-3-1-4-12(9-11)18-14(23)21-5-2-6-22(8-7-21)15(24)19-13-20-17-10-25-13/h1,3-4,9-10H,2,5-8H2,(H,18,23)(H,19,20,24). The van der Waals surface area contributed by atoms with E-state index < -0.39 is 0 Å². The Balaban J connectivity index is 1.54. The maximum atomic E-state index is 12.4. The Morgan fingerprint density at radius 1 is 1.08 bits per heavy atom. The van der Waals surface area contributed by atoms with Crippen LogP contribution in [0.25, 0.3) is 0 Å². The first-order valence-electron chi connectivity index (χ1n) is 7.75. The predicted molar refractivity (Wildman–Crippen MR) is 97.2 cm³/mol. The van der Waals surface area contributed by atoms with Gasteiger partial charge in [0.15, 0.2) is 0 Å². The highest BCUT2D eigenvalue weighted by molar-refractivity contribution is 7.13. The molecule has 0 saturated carbocycles. The molecule has 0 aliphatic carbocycles. The quantitative estimate of drug-likeness (QED) is 0.838. The number of benzene rings is 1. The lowest BCUT2D eigenvalue weighted by Crippen LogP contribution is -2.40. The van der Waals surface area contributed by atoms with E-state index in [2.05, 4.69) is 20.8 Å². The molecule has 1 aliphatic rings. The molecule has 2 aromatic rings. The number of halogens is 1. The van der Waals surface area contributed by atoms with Crippen molar-refractivity contribution >= 4 is 45.8 Å². The van der Waals surface area contributed by atoms with Crippen molar-refractivity contribution in [1.82, 2.24) is 20.0 Å². The van der Waals surface area contributed by atoms with E-state index in [9.17, 15) is 9.59 Å². The fourth-order valence-corrected chi connectivity index (χ4v) is 3.12. The minimum Gasteiger partial charge on any atom is -0.323 e. The second-order valence-electron chi connectivity index (χ2n) is 5.44. The molecule has 0 radical (unpaired) electrons. The zero-order valence-corrected chi connectivity index (χ0v) is 14.9. The van der Waals surface area contributed by atoms with Gasteiger partial charge in [-0.2, -0.15) is 0 Å². The van der Waals surface area contributed by atoms with Crippen molar-refractivity contribution in [2.45, 2.75) is 6.42 Å². The summed E-state index contributed by atoms with van der Waals surface area (Å²) in [5, 5.41) is 14.0. The van der Waals surface area contributed by atoms with Crippen molar-refractivity contribution in [3.05, 3.63) is 34.8 Å². The van der Waals surface area contributed by atoms with Crippen LogP contribution in [0.3, 0.4) is 0 Å². The summed E-state index contributed by atoms with van der Waals surface area (Å²) in [6.07, 6.45) is 0.701. The topological polar surface area (TPSA) is 90.5 Å². The van der Waals surface area contributed by atoms with E-state index in [0.29, 0.717) is 48.4 Å². The normalized spacial score (nSPS) is 14.8. The third-order valence-corrected chi connectivity index (χ3v) is 4.56. The van der Waals surface area contributed by atoms with Gasteiger partial charge in [-0.1, -0.05) is 29.0 Å². The Morgan fingerprint density at radius 2 is 1.80 bits per heavy atom. The largest absolute Gasteiger partial charge is 0.323 e. The molecule has 1 saturated heterocycles. The van der Waals surface area contributed by atoms with Crippen molar-refractivity contribution in [2.24, 2.45) is 0 Å². The summed E-state index contributed by atoms with van der Waals surface area (Å²) in [6.45, 7) is 2.06. The van der Waals surface area contributed by atoms with E-state index in [-0.39, 0.29) is 12.1 Å². The molecular weight excluding hydrogens is 364 g/mol. The summed E-state index contributed by atoms with van der Waals surface area (Å²) in [5.41, 5.74) is 2.20. The van der Waals surface area contributed by atoms with E-state index in [4.69, 9.17) is 11.6 Å². The Bertz CT molecular complexity index is 741. The molecule has 1 fully saturated rings. The van der Waals surface area contributed by atoms with Crippen LogP contribution in [0.1, 0.15) is 6.42 Å². The minimum absolute atomic E-state index is 0.200. The van der Waals surface area contributed by atoms with Crippen LogP contribution >= 0.6 is 22.9 Å². The molecule has 0 bridgehead atoms. The van der Waals surface area contributed by atoms with Crippen LogP contribution in [0.15, 0.2) is 29.8 Å².